The van der Waals surface area contributed by atoms with Gasteiger partial charge in [-0.1, -0.05) is 40.2 Å². The Morgan fingerprint density at radius 3 is 2.12 bits per heavy atom. The normalized spacial score (nSPS) is 11.2. The minimum atomic E-state index is -1.60. The molecule has 24 heavy (non-hydrogen) atoms. The SMILES string of the molecule is COC(=O)/C=C/CC(Cc1ccccc1Br)(C(=O)OC)C(=O)OC. The monoisotopic (exact) mass is 398 g/mol. The van der Waals surface area contributed by atoms with Crippen LogP contribution in [0.5, 0.6) is 0 Å². The summed E-state index contributed by atoms with van der Waals surface area (Å²) in [4.78, 5) is 36.1. The molecule has 0 radical (unpaired) electrons. The number of allylic oxidation sites excluding steroid dienone is 1. The molecule has 0 heterocycles. The molecule has 0 fully saturated rings. The summed E-state index contributed by atoms with van der Waals surface area (Å²) in [7, 11) is 3.63. The molecule has 6 nitrogen and oxygen atoms in total. The smallest absolute Gasteiger partial charge is 0.330 e. The lowest BCUT2D eigenvalue weighted by atomic mass is 9.78. The average Bonchev–Trinajstić information content (AvgIpc) is 2.60. The van der Waals surface area contributed by atoms with Crippen LogP contribution < -0.4 is 0 Å². The molecular formula is C17H19BrO6. The van der Waals surface area contributed by atoms with Gasteiger partial charge in [-0.15, -0.1) is 0 Å². The van der Waals surface area contributed by atoms with Crippen molar-refractivity contribution in [2.45, 2.75) is 12.8 Å². The van der Waals surface area contributed by atoms with E-state index in [9.17, 15) is 14.4 Å². The van der Waals surface area contributed by atoms with Crippen LogP contribution in [0.2, 0.25) is 0 Å². The van der Waals surface area contributed by atoms with E-state index in [4.69, 9.17) is 9.47 Å². The van der Waals surface area contributed by atoms with Crippen LogP contribution in [0.25, 0.3) is 0 Å². The van der Waals surface area contributed by atoms with Gasteiger partial charge in [0.1, 0.15) is 0 Å². The maximum atomic E-state index is 12.4. The highest BCUT2D eigenvalue weighted by atomic mass is 79.9. The standard InChI is InChI=1S/C17H19BrO6/c1-22-14(19)9-6-10-17(15(20)23-2,16(21)24-3)11-12-7-4-5-8-13(12)18/h4-9H,10-11H2,1-3H3/b9-6+. The van der Waals surface area contributed by atoms with E-state index >= 15 is 0 Å². The van der Waals surface area contributed by atoms with Crippen LogP contribution in [0.4, 0.5) is 0 Å². The lowest BCUT2D eigenvalue weighted by Crippen LogP contribution is -2.43. The number of halogens is 1. The van der Waals surface area contributed by atoms with Gasteiger partial charge < -0.3 is 14.2 Å². The van der Waals surface area contributed by atoms with Crippen molar-refractivity contribution in [2.24, 2.45) is 5.41 Å². The van der Waals surface area contributed by atoms with Gasteiger partial charge in [0.15, 0.2) is 5.41 Å². The Morgan fingerprint density at radius 2 is 1.62 bits per heavy atom. The van der Waals surface area contributed by atoms with Gasteiger partial charge in [0.25, 0.3) is 0 Å². The minimum Gasteiger partial charge on any atom is -0.468 e. The summed E-state index contributed by atoms with van der Waals surface area (Å²) in [6, 6.07) is 7.21. The third kappa shape index (κ3) is 4.67. The molecular weight excluding hydrogens is 380 g/mol. The number of methoxy groups -OCH3 is 3. The van der Waals surface area contributed by atoms with Crippen molar-refractivity contribution in [3.05, 3.63) is 46.5 Å². The molecule has 0 aliphatic rings. The number of esters is 3. The first-order chi connectivity index (χ1) is 11.4. The largest absolute Gasteiger partial charge is 0.468 e. The average molecular weight is 399 g/mol. The molecule has 0 bridgehead atoms. The van der Waals surface area contributed by atoms with Gasteiger partial charge in [-0.2, -0.15) is 0 Å². The van der Waals surface area contributed by atoms with Crippen LogP contribution >= 0.6 is 15.9 Å². The van der Waals surface area contributed by atoms with Crippen molar-refractivity contribution in [2.75, 3.05) is 21.3 Å². The van der Waals surface area contributed by atoms with Crippen LogP contribution in [-0.2, 0) is 35.0 Å². The Balaban J connectivity index is 3.28. The van der Waals surface area contributed by atoms with Gasteiger partial charge in [-0.05, 0) is 18.1 Å². The lowest BCUT2D eigenvalue weighted by molar-refractivity contribution is -0.169. The van der Waals surface area contributed by atoms with Crippen molar-refractivity contribution in [3.8, 4) is 0 Å². The van der Waals surface area contributed by atoms with Crippen LogP contribution in [0.1, 0.15) is 12.0 Å². The second-order valence-electron chi connectivity index (χ2n) is 4.96. The van der Waals surface area contributed by atoms with Crippen molar-refractivity contribution in [1.82, 2.24) is 0 Å². The van der Waals surface area contributed by atoms with Gasteiger partial charge in [-0.25, -0.2) is 4.79 Å². The van der Waals surface area contributed by atoms with E-state index in [0.717, 1.165) is 16.1 Å². The summed E-state index contributed by atoms with van der Waals surface area (Å²) < 4.78 is 14.9. The molecule has 1 rings (SSSR count). The summed E-state index contributed by atoms with van der Waals surface area (Å²) in [5, 5.41) is 0. The van der Waals surface area contributed by atoms with Crippen molar-refractivity contribution in [1.29, 1.82) is 0 Å². The molecule has 0 amide bonds. The fourth-order valence-electron chi connectivity index (χ4n) is 2.25. The molecule has 130 valence electrons. The maximum Gasteiger partial charge on any atom is 0.330 e. The van der Waals surface area contributed by atoms with E-state index in [1.807, 2.05) is 6.07 Å². The first kappa shape index (κ1) is 19.9. The zero-order valence-electron chi connectivity index (χ0n) is 13.7. The molecule has 0 saturated heterocycles. The number of carbonyl (C=O) groups excluding carboxylic acids is 3. The van der Waals surface area contributed by atoms with Gasteiger partial charge in [0.05, 0.1) is 21.3 Å². The van der Waals surface area contributed by atoms with E-state index in [1.54, 1.807) is 18.2 Å². The number of hydrogen-bond acceptors (Lipinski definition) is 6. The minimum absolute atomic E-state index is 0.0548. The topological polar surface area (TPSA) is 78.9 Å². The van der Waals surface area contributed by atoms with E-state index < -0.39 is 23.3 Å². The van der Waals surface area contributed by atoms with E-state index in [0.29, 0.717) is 0 Å². The summed E-state index contributed by atoms with van der Waals surface area (Å²) >= 11 is 3.40. The molecule has 1 aromatic carbocycles. The van der Waals surface area contributed by atoms with E-state index in [-0.39, 0.29) is 12.8 Å². The molecule has 0 atom stereocenters. The predicted molar refractivity (Wildman–Crippen MR) is 90.1 cm³/mol. The van der Waals surface area contributed by atoms with Crippen LogP contribution in [-0.4, -0.2) is 39.2 Å². The number of hydrogen-bond donors (Lipinski definition) is 0. The maximum absolute atomic E-state index is 12.4. The number of carbonyl (C=O) groups is 3. The Hall–Kier alpha value is -2.15. The summed E-state index contributed by atoms with van der Waals surface area (Å²) in [5.74, 6) is -2.06. The molecule has 1 aromatic rings. The quantitative estimate of drug-likeness (QED) is 0.303. The fraction of sp³-hybridized carbons (Fsp3) is 0.353. The third-order valence-corrected chi connectivity index (χ3v) is 4.30. The van der Waals surface area contributed by atoms with Crippen molar-refractivity contribution < 1.29 is 28.6 Å². The van der Waals surface area contributed by atoms with Crippen LogP contribution in [0.3, 0.4) is 0 Å². The predicted octanol–water partition coefficient (Wildman–Crippen LogP) is 2.44. The van der Waals surface area contributed by atoms with Gasteiger partial charge >= 0.3 is 17.9 Å². The van der Waals surface area contributed by atoms with Gasteiger partial charge in [-0.3, -0.25) is 9.59 Å². The third-order valence-electron chi connectivity index (χ3n) is 3.52. The molecule has 0 spiro atoms. The zero-order chi connectivity index (χ0) is 18.2. The first-order valence-corrected chi connectivity index (χ1v) is 7.85. The second-order valence-corrected chi connectivity index (χ2v) is 5.82. The second kappa shape index (κ2) is 9.22. The van der Waals surface area contributed by atoms with Gasteiger partial charge in [0, 0.05) is 17.0 Å². The number of rotatable bonds is 7. The number of ether oxygens (including phenoxy) is 3. The molecule has 0 aliphatic heterocycles. The zero-order valence-corrected chi connectivity index (χ0v) is 15.3. The summed E-state index contributed by atoms with van der Waals surface area (Å²) in [5.41, 5.74) is -0.863. The number of benzene rings is 1. The molecule has 0 N–H and O–H groups in total. The van der Waals surface area contributed by atoms with Crippen LogP contribution in [0.15, 0.2) is 40.9 Å². The highest BCUT2D eigenvalue weighted by Gasteiger charge is 2.47. The Morgan fingerprint density at radius 1 is 1.04 bits per heavy atom. The molecule has 0 saturated carbocycles. The highest BCUT2D eigenvalue weighted by Crippen LogP contribution is 2.33. The van der Waals surface area contributed by atoms with Gasteiger partial charge in [0.2, 0.25) is 0 Å². The summed E-state index contributed by atoms with van der Waals surface area (Å²) in [6.45, 7) is 0. The fourth-order valence-corrected chi connectivity index (χ4v) is 2.67. The van der Waals surface area contributed by atoms with Crippen molar-refractivity contribution in [3.63, 3.8) is 0 Å². The Bertz CT molecular complexity index is 622. The lowest BCUT2D eigenvalue weighted by Gasteiger charge is -2.27. The Kier molecular flexibility index (Phi) is 7.64. The molecule has 7 heteroatoms. The van der Waals surface area contributed by atoms with E-state index in [1.165, 1.54) is 27.4 Å². The molecule has 0 aromatic heterocycles. The van der Waals surface area contributed by atoms with Crippen LogP contribution in [0, 0.1) is 5.41 Å². The Labute approximate surface area is 148 Å². The first-order valence-electron chi connectivity index (χ1n) is 7.06. The van der Waals surface area contributed by atoms with E-state index in [2.05, 4.69) is 20.7 Å². The summed E-state index contributed by atoms with van der Waals surface area (Å²) in [6.07, 6.45) is 2.54. The molecule has 0 aliphatic carbocycles. The highest BCUT2D eigenvalue weighted by molar-refractivity contribution is 9.10. The molecule has 0 unspecified atom stereocenters. The van der Waals surface area contributed by atoms with Crippen molar-refractivity contribution >= 4 is 33.8 Å².